The second-order valence-electron chi connectivity index (χ2n) is 10.4. The first-order chi connectivity index (χ1) is 14.8. The van der Waals surface area contributed by atoms with Crippen LogP contribution < -0.4 is 0 Å². The molecule has 0 radical (unpaired) electrons. The van der Waals surface area contributed by atoms with Gasteiger partial charge in [-0.15, -0.1) is 11.6 Å². The van der Waals surface area contributed by atoms with E-state index in [9.17, 15) is 28.3 Å². The van der Waals surface area contributed by atoms with Gasteiger partial charge in [-0.1, -0.05) is 26.8 Å². The average molecular weight is 471 g/mol. The summed E-state index contributed by atoms with van der Waals surface area (Å²) in [7, 11) is 0. The van der Waals surface area contributed by atoms with Crippen LogP contribution >= 0.6 is 11.6 Å². The van der Waals surface area contributed by atoms with Crippen LogP contribution in [0.1, 0.15) is 53.4 Å². The Labute approximate surface area is 191 Å². The Kier molecular flexibility index (Phi) is 5.30. The zero-order valence-electron chi connectivity index (χ0n) is 18.7. The zero-order chi connectivity index (χ0) is 23.9. The number of ketones is 2. The van der Waals surface area contributed by atoms with Gasteiger partial charge in [0, 0.05) is 23.7 Å². The van der Waals surface area contributed by atoms with Crippen LogP contribution in [0.5, 0.6) is 0 Å². The fourth-order valence-corrected chi connectivity index (χ4v) is 8.32. The number of ether oxygens (including phenoxy) is 1. The van der Waals surface area contributed by atoms with Crippen LogP contribution in [0.15, 0.2) is 23.6 Å². The van der Waals surface area contributed by atoms with Crippen LogP contribution in [0.4, 0.5) is 8.78 Å². The lowest BCUT2D eigenvalue weighted by atomic mass is 9.45. The molecular weight excluding hydrogens is 442 g/mol. The number of rotatable bonds is 3. The van der Waals surface area contributed by atoms with Gasteiger partial charge in [-0.05, 0) is 49.2 Å². The smallest absolute Gasteiger partial charge is 0.303 e. The summed E-state index contributed by atoms with van der Waals surface area (Å²) < 4.78 is 34.3. The molecule has 0 amide bonds. The fourth-order valence-electron chi connectivity index (χ4n) is 7.80. The van der Waals surface area contributed by atoms with E-state index in [1.165, 1.54) is 13.0 Å². The molecule has 3 saturated carbocycles. The van der Waals surface area contributed by atoms with Crippen molar-refractivity contribution in [3.63, 3.8) is 0 Å². The number of hydrogen-bond donors (Lipinski definition) is 1. The number of fused-ring (bicyclic) bond motifs is 5. The van der Waals surface area contributed by atoms with Gasteiger partial charge in [0.25, 0.3) is 0 Å². The largest absolute Gasteiger partial charge is 0.450 e. The van der Waals surface area contributed by atoms with Gasteiger partial charge in [0.1, 0.15) is 0 Å². The highest BCUT2D eigenvalue weighted by molar-refractivity contribution is 6.26. The average Bonchev–Trinajstić information content (AvgIpc) is 2.93. The molecule has 4 aliphatic carbocycles. The van der Waals surface area contributed by atoms with E-state index in [1.54, 1.807) is 26.8 Å². The Morgan fingerprint density at radius 3 is 2.56 bits per heavy atom. The lowest BCUT2D eigenvalue weighted by Crippen LogP contribution is -2.69. The van der Waals surface area contributed by atoms with E-state index in [0.717, 1.165) is 0 Å². The predicted molar refractivity (Wildman–Crippen MR) is 113 cm³/mol. The topological polar surface area (TPSA) is 80.7 Å². The number of esters is 1. The molecule has 3 fully saturated rings. The summed E-state index contributed by atoms with van der Waals surface area (Å²) in [5, 5.41) is 11.5. The third-order valence-corrected chi connectivity index (χ3v) is 10.0. The number of alkyl halides is 2. The van der Waals surface area contributed by atoms with Crippen molar-refractivity contribution in [1.82, 2.24) is 0 Å². The van der Waals surface area contributed by atoms with Gasteiger partial charge >= 0.3 is 5.97 Å². The van der Waals surface area contributed by atoms with Crippen molar-refractivity contribution in [2.75, 3.05) is 6.67 Å². The van der Waals surface area contributed by atoms with E-state index >= 15 is 0 Å². The second kappa shape index (κ2) is 7.20. The van der Waals surface area contributed by atoms with Crippen LogP contribution in [-0.2, 0) is 19.1 Å². The summed E-state index contributed by atoms with van der Waals surface area (Å²) in [4.78, 5) is 35.7. The zero-order valence-corrected chi connectivity index (χ0v) is 19.5. The summed E-state index contributed by atoms with van der Waals surface area (Å²) >= 11 is 7.26. The maximum atomic E-state index is 14.8. The predicted octanol–water partition coefficient (Wildman–Crippen LogP) is 4.01. The number of allylic oxidation sites excluding steroid dienone is 4. The summed E-state index contributed by atoms with van der Waals surface area (Å²) in [5.41, 5.74) is -3.57. The van der Waals surface area contributed by atoms with Gasteiger partial charge in [0.15, 0.2) is 18.1 Å². The number of carbonyl (C=O) groups excluding carboxylic acids is 3. The van der Waals surface area contributed by atoms with E-state index in [0.29, 0.717) is 12.8 Å². The maximum absolute atomic E-state index is 14.8. The van der Waals surface area contributed by atoms with E-state index < -0.39 is 63.4 Å². The van der Waals surface area contributed by atoms with E-state index in [-0.39, 0.29) is 30.3 Å². The molecule has 32 heavy (non-hydrogen) atoms. The van der Waals surface area contributed by atoms with Crippen LogP contribution in [-0.4, -0.2) is 45.9 Å². The molecule has 8 atom stereocenters. The monoisotopic (exact) mass is 470 g/mol. The molecule has 0 spiro atoms. The minimum atomic E-state index is -1.71. The van der Waals surface area contributed by atoms with E-state index in [4.69, 9.17) is 16.3 Å². The molecule has 0 aromatic carbocycles. The van der Waals surface area contributed by atoms with Crippen molar-refractivity contribution in [2.45, 2.75) is 70.0 Å². The molecule has 0 saturated heterocycles. The molecule has 0 aromatic heterocycles. The van der Waals surface area contributed by atoms with Gasteiger partial charge in [0.2, 0.25) is 11.6 Å². The Morgan fingerprint density at radius 2 is 1.97 bits per heavy atom. The summed E-state index contributed by atoms with van der Waals surface area (Å²) in [6, 6.07) is 0. The molecule has 0 aliphatic heterocycles. The molecule has 0 aromatic rings. The van der Waals surface area contributed by atoms with E-state index in [2.05, 4.69) is 0 Å². The fraction of sp³-hybridized carbons (Fsp3) is 0.708. The van der Waals surface area contributed by atoms with Crippen molar-refractivity contribution in [3.8, 4) is 0 Å². The van der Waals surface area contributed by atoms with Crippen molar-refractivity contribution in [2.24, 2.45) is 28.6 Å². The SMILES string of the molecule is CC(=O)O[C@@]1(C(=O)CF)C(C)C[C@H]2[C@@H]3CCC4=C(F)C(=O)C=C[C@]4(C)[C@@]3(Cl)[C@@H](O)C[C@@]21C. The number of hydrogen-bond acceptors (Lipinski definition) is 5. The Hall–Kier alpha value is -1.60. The molecule has 0 heterocycles. The summed E-state index contributed by atoms with van der Waals surface area (Å²) in [6.45, 7) is 5.17. The maximum Gasteiger partial charge on any atom is 0.303 e. The minimum Gasteiger partial charge on any atom is -0.450 e. The van der Waals surface area contributed by atoms with Crippen LogP contribution in [0.2, 0.25) is 0 Å². The van der Waals surface area contributed by atoms with Crippen molar-refractivity contribution in [1.29, 1.82) is 0 Å². The van der Waals surface area contributed by atoms with Gasteiger partial charge < -0.3 is 9.84 Å². The Balaban J connectivity index is 1.88. The van der Waals surface area contributed by atoms with Gasteiger partial charge in [0.05, 0.1) is 11.0 Å². The number of aliphatic hydroxyl groups excluding tert-OH is 1. The lowest BCUT2D eigenvalue weighted by Gasteiger charge is -2.64. The van der Waals surface area contributed by atoms with E-state index in [1.807, 2.05) is 0 Å². The number of aliphatic hydroxyl groups is 1. The van der Waals surface area contributed by atoms with Crippen molar-refractivity contribution in [3.05, 3.63) is 23.6 Å². The number of Topliss-reactive ketones (excluding diaryl/α,β-unsaturated/α-hetero) is 1. The second-order valence-corrected chi connectivity index (χ2v) is 11.0. The number of carbonyl (C=O) groups is 3. The minimum absolute atomic E-state index is 0.0205. The first-order valence-electron chi connectivity index (χ1n) is 11.1. The highest BCUT2D eigenvalue weighted by Gasteiger charge is 2.76. The molecule has 1 unspecified atom stereocenters. The third-order valence-electron chi connectivity index (χ3n) is 9.11. The molecule has 4 rings (SSSR count). The molecule has 4 aliphatic rings. The highest BCUT2D eigenvalue weighted by atomic mass is 35.5. The first-order valence-corrected chi connectivity index (χ1v) is 11.5. The first kappa shape index (κ1) is 23.6. The quantitative estimate of drug-likeness (QED) is 0.498. The van der Waals surface area contributed by atoms with Crippen molar-refractivity contribution < 1.29 is 33.0 Å². The summed E-state index contributed by atoms with van der Waals surface area (Å²) in [5.74, 6) is -4.16. The highest BCUT2D eigenvalue weighted by Crippen LogP contribution is 2.72. The van der Waals surface area contributed by atoms with Gasteiger partial charge in [-0.25, -0.2) is 8.78 Å². The van der Waals surface area contributed by atoms with Crippen LogP contribution in [0, 0.1) is 28.6 Å². The van der Waals surface area contributed by atoms with Gasteiger partial charge in [-0.2, -0.15) is 0 Å². The lowest BCUT2D eigenvalue weighted by molar-refractivity contribution is -0.200. The summed E-state index contributed by atoms with van der Waals surface area (Å²) in [6.07, 6.45) is 2.64. The van der Waals surface area contributed by atoms with Crippen molar-refractivity contribution >= 4 is 29.1 Å². The molecule has 8 heteroatoms. The molecular formula is C24H29ClF2O5. The van der Waals surface area contributed by atoms with Crippen LogP contribution in [0.25, 0.3) is 0 Å². The molecule has 5 nitrogen and oxygen atoms in total. The Bertz CT molecular complexity index is 962. The van der Waals surface area contributed by atoms with Crippen LogP contribution in [0.3, 0.4) is 0 Å². The standard InChI is InChI=1S/C24H29ClF2O5/c1-12-9-16-14-5-6-15-20(27)17(29)7-8-21(15,3)23(14,25)18(30)10-22(16,4)24(12,19(31)11-26)32-13(2)28/h7-8,12,14,16,18,30H,5-6,9-11H2,1-4H3/t12?,14-,16-,18-,21-,22-,23-,24+/m0/s1. The van der Waals surface area contributed by atoms with Gasteiger partial charge in [-0.3, -0.25) is 14.4 Å². The third kappa shape index (κ3) is 2.55. The molecule has 1 N–H and O–H groups in total. The molecule has 0 bridgehead atoms. The molecule has 176 valence electrons. The number of halogens is 3. The Morgan fingerprint density at radius 1 is 1.31 bits per heavy atom. The normalized spacial score (nSPS) is 47.6.